The Bertz CT molecular complexity index is 1380. The van der Waals surface area contributed by atoms with Crippen molar-refractivity contribution < 1.29 is 36.9 Å². The van der Waals surface area contributed by atoms with Crippen LogP contribution in [0.25, 0.3) is 0 Å². The van der Waals surface area contributed by atoms with Crippen LogP contribution in [0.2, 0.25) is 0 Å². The van der Waals surface area contributed by atoms with E-state index < -0.39 is 11.9 Å². The summed E-state index contributed by atoms with van der Waals surface area (Å²) >= 11 is 2.53. The Morgan fingerprint density at radius 2 is 0.980 bits per heavy atom. The van der Waals surface area contributed by atoms with Crippen molar-refractivity contribution in [2.24, 2.45) is 0 Å². The van der Waals surface area contributed by atoms with Gasteiger partial charge in [-0.05, 0) is 129 Å². The molecule has 0 amide bonds. The maximum absolute atomic E-state index is 12.8. The quantitative estimate of drug-likeness (QED) is 0.0387. The number of hydrogen-bond acceptors (Lipinski definition) is 10. The first kappa shape index (κ1) is 41.5. The molecule has 0 saturated heterocycles. The maximum Gasteiger partial charge on any atom is 0.343 e. The van der Waals surface area contributed by atoms with Crippen LogP contribution in [0.15, 0.2) is 90.7 Å². The Kier molecular flexibility index (Phi) is 22.2. The minimum Gasteiger partial charge on any atom is -0.494 e. The van der Waals surface area contributed by atoms with Crippen molar-refractivity contribution in [1.29, 1.82) is 0 Å². The van der Waals surface area contributed by atoms with Gasteiger partial charge in [-0.25, -0.2) is 9.59 Å². The average Bonchev–Trinajstić information content (AvgIpc) is 3.12. The third-order valence-corrected chi connectivity index (χ3v) is 7.67. The van der Waals surface area contributed by atoms with Crippen molar-refractivity contribution >= 4 is 36.0 Å². The number of carbonyl (C=O) groups is 2. The zero-order valence-electron chi connectivity index (χ0n) is 29.0. The second-order valence-electron chi connectivity index (χ2n) is 10.5. The third-order valence-electron chi connectivity index (χ3n) is 6.79. The molecule has 0 unspecified atom stereocenters. The van der Waals surface area contributed by atoms with Crippen LogP contribution in [0.1, 0.15) is 91.5 Å². The SMILES string of the molecule is C=CSOCCCCCCOc1ccc(C(=O)Oc2ccc(OC(=O)c3ccc(OCCCCCCOSC=C)cc3)c(C)c2)cc1.CC. The molecule has 0 aromatic heterocycles. The molecule has 8 nitrogen and oxygen atoms in total. The first-order valence-corrected chi connectivity index (χ1v) is 18.4. The van der Waals surface area contributed by atoms with Crippen molar-refractivity contribution in [3.8, 4) is 23.0 Å². The van der Waals surface area contributed by atoms with Crippen molar-refractivity contribution in [2.75, 3.05) is 26.4 Å². The van der Waals surface area contributed by atoms with E-state index in [0.29, 0.717) is 66.1 Å². The molecule has 0 bridgehead atoms. The first-order valence-electron chi connectivity index (χ1n) is 16.8. The highest BCUT2D eigenvalue weighted by molar-refractivity contribution is 7.97. The summed E-state index contributed by atoms with van der Waals surface area (Å²) in [6, 6.07) is 18.6. The lowest BCUT2D eigenvalue weighted by molar-refractivity contribution is 0.0718. The van der Waals surface area contributed by atoms with Crippen molar-refractivity contribution in [3.05, 3.63) is 107 Å². The third kappa shape index (κ3) is 17.5. The second kappa shape index (κ2) is 26.2. The van der Waals surface area contributed by atoms with Gasteiger partial charge in [0.25, 0.3) is 0 Å². The maximum atomic E-state index is 12.8. The molecule has 0 atom stereocenters. The lowest BCUT2D eigenvalue weighted by Crippen LogP contribution is -2.10. The van der Waals surface area contributed by atoms with Crippen molar-refractivity contribution in [2.45, 2.75) is 72.1 Å². The summed E-state index contributed by atoms with van der Waals surface area (Å²) in [5, 5.41) is 3.34. The van der Waals surface area contributed by atoms with Crippen LogP contribution < -0.4 is 18.9 Å². The van der Waals surface area contributed by atoms with Gasteiger partial charge in [-0.2, -0.15) is 0 Å². The normalized spacial score (nSPS) is 10.3. The van der Waals surface area contributed by atoms with E-state index in [1.165, 1.54) is 24.1 Å². The van der Waals surface area contributed by atoms with E-state index in [1.807, 2.05) is 13.8 Å². The molecule has 3 aromatic rings. The van der Waals surface area contributed by atoms with Crippen LogP contribution in [-0.2, 0) is 8.37 Å². The molecule has 266 valence electrons. The van der Waals surface area contributed by atoms with Crippen molar-refractivity contribution in [1.82, 2.24) is 0 Å². The molecular weight excluding hydrogens is 661 g/mol. The lowest BCUT2D eigenvalue weighted by Gasteiger charge is -2.11. The fourth-order valence-corrected chi connectivity index (χ4v) is 4.93. The van der Waals surface area contributed by atoms with Crippen LogP contribution in [0.5, 0.6) is 23.0 Å². The number of hydrogen-bond donors (Lipinski definition) is 0. The highest BCUT2D eigenvalue weighted by Crippen LogP contribution is 2.26. The van der Waals surface area contributed by atoms with Gasteiger partial charge in [-0.1, -0.05) is 39.8 Å². The van der Waals surface area contributed by atoms with E-state index in [2.05, 4.69) is 13.2 Å². The van der Waals surface area contributed by atoms with Crippen LogP contribution in [0.3, 0.4) is 0 Å². The summed E-state index contributed by atoms with van der Waals surface area (Å²) in [7, 11) is 0. The monoisotopic (exact) mass is 710 g/mol. The zero-order valence-corrected chi connectivity index (χ0v) is 30.6. The zero-order chi connectivity index (χ0) is 35.5. The first-order chi connectivity index (χ1) is 24.0. The van der Waals surface area contributed by atoms with E-state index >= 15 is 0 Å². The number of benzene rings is 3. The number of aryl methyl sites for hydroxylation is 1. The van der Waals surface area contributed by atoms with Gasteiger partial charge in [0.15, 0.2) is 0 Å². The molecule has 0 aliphatic carbocycles. The largest absolute Gasteiger partial charge is 0.494 e. The molecule has 3 aromatic carbocycles. The lowest BCUT2D eigenvalue weighted by atomic mass is 10.2. The average molecular weight is 711 g/mol. The smallest absolute Gasteiger partial charge is 0.343 e. The summed E-state index contributed by atoms with van der Waals surface area (Å²) in [4.78, 5) is 25.5. The van der Waals surface area contributed by atoms with Gasteiger partial charge >= 0.3 is 11.9 Å². The Morgan fingerprint density at radius 3 is 1.41 bits per heavy atom. The Labute approximate surface area is 301 Å². The van der Waals surface area contributed by atoms with Crippen LogP contribution >= 0.6 is 24.1 Å². The van der Waals surface area contributed by atoms with Gasteiger partial charge in [0, 0.05) is 24.1 Å². The summed E-state index contributed by atoms with van der Waals surface area (Å²) < 4.78 is 33.3. The predicted octanol–water partition coefficient (Wildman–Crippen LogP) is 11.0. The summed E-state index contributed by atoms with van der Waals surface area (Å²) in [5.41, 5.74) is 1.46. The number of rotatable bonds is 24. The molecule has 0 aliphatic heterocycles. The molecular formula is C39H50O8S2. The predicted molar refractivity (Wildman–Crippen MR) is 201 cm³/mol. The fourth-order valence-electron chi connectivity index (χ4n) is 4.30. The Hall–Kier alpha value is -3.70. The molecule has 0 N–H and O–H groups in total. The van der Waals surface area contributed by atoms with E-state index in [4.69, 9.17) is 27.3 Å². The van der Waals surface area contributed by atoms with Gasteiger partial charge in [0.2, 0.25) is 0 Å². The minimum atomic E-state index is -0.493. The molecule has 0 radical (unpaired) electrons. The molecule has 0 saturated carbocycles. The van der Waals surface area contributed by atoms with E-state index in [0.717, 1.165) is 51.4 Å². The second-order valence-corrected chi connectivity index (χ2v) is 12.0. The van der Waals surface area contributed by atoms with E-state index in [-0.39, 0.29) is 0 Å². The minimum absolute atomic E-state index is 0.350. The molecule has 49 heavy (non-hydrogen) atoms. The molecule has 3 rings (SSSR count). The van der Waals surface area contributed by atoms with E-state index in [9.17, 15) is 9.59 Å². The highest BCUT2D eigenvalue weighted by atomic mass is 32.2. The topological polar surface area (TPSA) is 89.5 Å². The Morgan fingerprint density at radius 1 is 0.571 bits per heavy atom. The molecule has 0 fully saturated rings. The summed E-state index contributed by atoms with van der Waals surface area (Å²) in [6.07, 6.45) is 8.16. The molecule has 0 aliphatic rings. The number of carbonyl (C=O) groups excluding carboxylic acids is 2. The van der Waals surface area contributed by atoms with Gasteiger partial charge in [0.05, 0.1) is 37.6 Å². The Balaban J connectivity index is 0.00000409. The summed E-state index contributed by atoms with van der Waals surface area (Å²) in [6.45, 7) is 15.6. The molecule has 0 heterocycles. The van der Waals surface area contributed by atoms with Gasteiger partial charge in [-0.15, -0.1) is 0 Å². The number of unbranched alkanes of at least 4 members (excludes halogenated alkanes) is 6. The molecule has 10 heteroatoms. The highest BCUT2D eigenvalue weighted by Gasteiger charge is 2.14. The van der Waals surface area contributed by atoms with Gasteiger partial charge in [0.1, 0.15) is 23.0 Å². The van der Waals surface area contributed by atoms with Gasteiger partial charge < -0.3 is 27.3 Å². The van der Waals surface area contributed by atoms with Crippen LogP contribution in [0.4, 0.5) is 0 Å². The van der Waals surface area contributed by atoms with Crippen LogP contribution in [0, 0.1) is 6.92 Å². The fraction of sp³-hybridized carbons (Fsp3) is 0.385. The van der Waals surface area contributed by atoms with Crippen molar-refractivity contribution in [3.63, 3.8) is 0 Å². The van der Waals surface area contributed by atoms with E-state index in [1.54, 1.807) is 84.5 Å². The standard InChI is InChI=1S/C37H44O8S2.C2H6/c1-4-46-42-26-12-8-6-10-24-40-32-18-14-30(15-19-32)36(38)44-34-22-23-35(29(3)28-34)45-37(39)31-16-20-33(21-17-31)41-25-11-7-9-13-27-43-47-5-2;1-2/h4-5,14-23,28H,1-2,6-13,24-27H2,3H3;1-2H3. The number of ether oxygens (including phenoxy) is 4. The van der Waals surface area contributed by atoms with Gasteiger partial charge in [-0.3, -0.25) is 0 Å². The summed E-state index contributed by atoms with van der Waals surface area (Å²) in [5.74, 6) is 1.14. The van der Waals surface area contributed by atoms with Crippen LogP contribution in [-0.4, -0.2) is 38.4 Å². The molecule has 0 spiro atoms. The number of esters is 2.